The van der Waals surface area contributed by atoms with Crippen molar-refractivity contribution in [3.8, 4) is 0 Å². The molecule has 0 radical (unpaired) electrons. The zero-order chi connectivity index (χ0) is 15.3. The van der Waals surface area contributed by atoms with Gasteiger partial charge >= 0.3 is 6.03 Å². The summed E-state index contributed by atoms with van der Waals surface area (Å²) in [6.45, 7) is 12.1. The predicted molar refractivity (Wildman–Crippen MR) is 77.4 cm³/mol. The molecule has 0 aromatic rings. The molecule has 1 aliphatic rings. The lowest BCUT2D eigenvalue weighted by Gasteiger charge is -2.41. The lowest BCUT2D eigenvalue weighted by atomic mass is 10.1. The number of ether oxygens (including phenoxy) is 1. The number of carbonyl (C=O) groups excluding carboxylic acids is 2. The molecular weight excluding hydrogens is 258 g/mol. The Kier molecular flexibility index (Phi) is 5.95. The van der Waals surface area contributed by atoms with Crippen molar-refractivity contribution >= 4 is 11.9 Å². The normalized spacial score (nSPS) is 22.6. The Morgan fingerprint density at radius 1 is 1.40 bits per heavy atom. The van der Waals surface area contributed by atoms with Crippen molar-refractivity contribution in [2.45, 2.75) is 46.3 Å². The number of morpholine rings is 1. The van der Waals surface area contributed by atoms with Crippen molar-refractivity contribution in [2.75, 3.05) is 26.2 Å². The second-order valence-corrected chi connectivity index (χ2v) is 6.51. The molecule has 6 heteroatoms. The zero-order valence-corrected chi connectivity index (χ0v) is 13.2. The van der Waals surface area contributed by atoms with Crippen LogP contribution in [0, 0.1) is 5.92 Å². The highest BCUT2D eigenvalue weighted by molar-refractivity contribution is 5.95. The van der Waals surface area contributed by atoms with E-state index in [1.165, 1.54) is 0 Å². The first kappa shape index (κ1) is 16.9. The van der Waals surface area contributed by atoms with Crippen LogP contribution >= 0.6 is 0 Å². The van der Waals surface area contributed by atoms with E-state index in [2.05, 4.69) is 10.6 Å². The molecule has 1 atom stereocenters. The summed E-state index contributed by atoms with van der Waals surface area (Å²) < 4.78 is 5.78. The lowest BCUT2D eigenvalue weighted by Crippen LogP contribution is -2.55. The molecule has 1 heterocycles. The van der Waals surface area contributed by atoms with E-state index in [-0.39, 0.29) is 24.2 Å². The molecule has 0 saturated carbocycles. The van der Waals surface area contributed by atoms with Gasteiger partial charge in [0.25, 0.3) is 0 Å². The van der Waals surface area contributed by atoms with Crippen LogP contribution in [0.2, 0.25) is 0 Å². The average molecular weight is 285 g/mol. The smallest absolute Gasteiger partial charge is 0.321 e. The van der Waals surface area contributed by atoms with Gasteiger partial charge in [-0.25, -0.2) is 4.79 Å². The fraction of sp³-hybridized carbons (Fsp3) is 0.857. The molecule has 2 N–H and O–H groups in total. The summed E-state index contributed by atoms with van der Waals surface area (Å²) in [6.07, 6.45) is 0.0846. The minimum Gasteiger partial charge on any atom is -0.370 e. The topological polar surface area (TPSA) is 70.7 Å². The maximum absolute atomic E-state index is 11.8. The molecule has 20 heavy (non-hydrogen) atoms. The number of imide groups is 1. The fourth-order valence-electron chi connectivity index (χ4n) is 2.42. The van der Waals surface area contributed by atoms with Crippen LogP contribution in [0.4, 0.5) is 4.79 Å². The van der Waals surface area contributed by atoms with Crippen LogP contribution in [0.25, 0.3) is 0 Å². The third-order valence-electron chi connectivity index (χ3n) is 2.93. The number of urea groups is 1. The van der Waals surface area contributed by atoms with Crippen molar-refractivity contribution in [3.05, 3.63) is 0 Å². The number of hydrogen-bond acceptors (Lipinski definition) is 4. The summed E-state index contributed by atoms with van der Waals surface area (Å²) in [5.41, 5.74) is -0.266. The van der Waals surface area contributed by atoms with Gasteiger partial charge in [-0.05, 0) is 26.7 Å². The standard InChI is InChI=1S/C14H27N3O3/c1-10(2)6-15-13(19)16-12(18)8-17-7-11(3)20-14(4,5)9-17/h10-11H,6-9H2,1-5H3,(H2,15,16,18,19). The van der Waals surface area contributed by atoms with Crippen molar-refractivity contribution in [3.63, 3.8) is 0 Å². The minimum absolute atomic E-state index is 0.0846. The zero-order valence-electron chi connectivity index (χ0n) is 13.2. The van der Waals surface area contributed by atoms with Gasteiger partial charge in [-0.2, -0.15) is 0 Å². The molecule has 1 saturated heterocycles. The number of amides is 3. The molecule has 1 unspecified atom stereocenters. The van der Waals surface area contributed by atoms with Crippen LogP contribution in [0.15, 0.2) is 0 Å². The van der Waals surface area contributed by atoms with E-state index in [1.807, 2.05) is 39.5 Å². The van der Waals surface area contributed by atoms with Gasteiger partial charge in [0, 0.05) is 19.6 Å². The van der Waals surface area contributed by atoms with Gasteiger partial charge in [0.2, 0.25) is 5.91 Å². The summed E-state index contributed by atoms with van der Waals surface area (Å²) in [6, 6.07) is -0.427. The monoisotopic (exact) mass is 285 g/mol. The van der Waals surface area contributed by atoms with E-state index >= 15 is 0 Å². The first-order valence-corrected chi connectivity index (χ1v) is 7.16. The Morgan fingerprint density at radius 2 is 2.05 bits per heavy atom. The second-order valence-electron chi connectivity index (χ2n) is 6.51. The van der Waals surface area contributed by atoms with Gasteiger partial charge in [-0.1, -0.05) is 13.8 Å². The van der Waals surface area contributed by atoms with Crippen molar-refractivity contribution in [2.24, 2.45) is 5.92 Å². The van der Waals surface area contributed by atoms with Crippen LogP contribution in [0.5, 0.6) is 0 Å². The van der Waals surface area contributed by atoms with Crippen LogP contribution in [-0.2, 0) is 9.53 Å². The molecule has 116 valence electrons. The van der Waals surface area contributed by atoms with Gasteiger partial charge in [-0.3, -0.25) is 15.0 Å². The van der Waals surface area contributed by atoms with Gasteiger partial charge in [0.15, 0.2) is 0 Å². The van der Waals surface area contributed by atoms with Gasteiger partial charge in [-0.15, -0.1) is 0 Å². The third-order valence-corrected chi connectivity index (χ3v) is 2.93. The second kappa shape index (κ2) is 7.04. The average Bonchev–Trinajstić information content (AvgIpc) is 2.22. The Bertz CT molecular complexity index is 356. The molecule has 0 spiro atoms. The quantitative estimate of drug-likeness (QED) is 0.807. The van der Waals surface area contributed by atoms with Crippen molar-refractivity contribution in [1.29, 1.82) is 0 Å². The van der Waals surface area contributed by atoms with Crippen LogP contribution in [0.1, 0.15) is 34.6 Å². The number of nitrogens with one attached hydrogen (secondary N) is 2. The maximum atomic E-state index is 11.8. The summed E-state index contributed by atoms with van der Waals surface area (Å²) in [5, 5.41) is 5.01. The van der Waals surface area contributed by atoms with Gasteiger partial charge in [0.05, 0.1) is 18.2 Å². The fourth-order valence-corrected chi connectivity index (χ4v) is 2.42. The molecule has 1 fully saturated rings. The predicted octanol–water partition coefficient (Wildman–Crippen LogP) is 0.968. The van der Waals surface area contributed by atoms with E-state index in [0.29, 0.717) is 25.6 Å². The van der Waals surface area contributed by atoms with Crippen LogP contribution in [0.3, 0.4) is 0 Å². The molecule has 0 aliphatic carbocycles. The first-order valence-electron chi connectivity index (χ1n) is 7.16. The summed E-state index contributed by atoms with van der Waals surface area (Å²) in [4.78, 5) is 25.3. The molecule has 6 nitrogen and oxygen atoms in total. The van der Waals surface area contributed by atoms with E-state index in [1.54, 1.807) is 0 Å². The molecule has 0 bridgehead atoms. The number of carbonyl (C=O) groups is 2. The number of nitrogens with zero attached hydrogens (tertiary/aromatic N) is 1. The number of hydrogen-bond donors (Lipinski definition) is 2. The van der Waals surface area contributed by atoms with Crippen molar-refractivity contribution < 1.29 is 14.3 Å². The van der Waals surface area contributed by atoms with E-state index in [4.69, 9.17) is 4.74 Å². The summed E-state index contributed by atoms with van der Waals surface area (Å²) in [7, 11) is 0. The lowest BCUT2D eigenvalue weighted by molar-refractivity contribution is -0.138. The van der Waals surface area contributed by atoms with Crippen molar-refractivity contribution in [1.82, 2.24) is 15.5 Å². The molecule has 1 aliphatic heterocycles. The van der Waals surface area contributed by atoms with E-state index in [9.17, 15) is 9.59 Å². The molecular formula is C14H27N3O3. The van der Waals surface area contributed by atoms with E-state index in [0.717, 1.165) is 0 Å². The minimum atomic E-state index is -0.427. The van der Waals surface area contributed by atoms with Crippen LogP contribution < -0.4 is 10.6 Å². The molecule has 0 aromatic carbocycles. The highest BCUT2D eigenvalue weighted by atomic mass is 16.5. The number of rotatable bonds is 4. The Balaban J connectivity index is 2.36. The SMILES string of the molecule is CC(C)CNC(=O)NC(=O)CN1CC(C)OC(C)(C)C1. The Morgan fingerprint density at radius 3 is 2.60 bits per heavy atom. The highest BCUT2D eigenvalue weighted by Crippen LogP contribution is 2.20. The van der Waals surface area contributed by atoms with Gasteiger partial charge < -0.3 is 10.1 Å². The van der Waals surface area contributed by atoms with Gasteiger partial charge in [0.1, 0.15) is 0 Å². The maximum Gasteiger partial charge on any atom is 0.321 e. The van der Waals surface area contributed by atoms with Crippen LogP contribution in [-0.4, -0.2) is 54.7 Å². The first-order chi connectivity index (χ1) is 9.18. The summed E-state index contributed by atoms with van der Waals surface area (Å²) in [5.74, 6) is 0.0768. The Labute approximate surface area is 121 Å². The third kappa shape index (κ3) is 6.34. The summed E-state index contributed by atoms with van der Waals surface area (Å²) >= 11 is 0. The highest BCUT2D eigenvalue weighted by Gasteiger charge is 2.32. The largest absolute Gasteiger partial charge is 0.370 e. The Hall–Kier alpha value is -1.14. The van der Waals surface area contributed by atoms with E-state index < -0.39 is 6.03 Å². The molecule has 3 amide bonds. The molecule has 1 rings (SSSR count). The molecule has 0 aromatic heterocycles.